The van der Waals surface area contributed by atoms with Crippen LogP contribution >= 0.6 is 0 Å². The number of rotatable bonds is 2. The normalized spacial score (nSPS) is 19.7. The fourth-order valence-corrected chi connectivity index (χ4v) is 4.58. The number of carbonyl (C=O) groups excluding carboxylic acids is 1. The molecule has 4 heterocycles. The van der Waals surface area contributed by atoms with E-state index in [9.17, 15) is 9.70 Å². The van der Waals surface area contributed by atoms with E-state index in [0.29, 0.717) is 17.7 Å². The standard InChI is InChI=1S/C21H19N4O3/c1-3-21(23-27)15-9-17-18-13(8-12-6-4-5-7-16(12)24(18)2)10-25(17)19(22)14(15)11-28-20(21)26/h4-9,22H,3,10-11H2,1-2H3/q+1. The minimum absolute atomic E-state index is 0.00496. The van der Waals surface area contributed by atoms with Crippen molar-refractivity contribution in [3.05, 3.63) is 63.5 Å². The van der Waals surface area contributed by atoms with Gasteiger partial charge in [0.2, 0.25) is 16.7 Å². The summed E-state index contributed by atoms with van der Waals surface area (Å²) in [6.07, 6.45) is 0.196. The molecule has 0 aliphatic carbocycles. The molecular formula is C21H19N4O3+. The molecule has 1 atom stereocenters. The topological polar surface area (TPSA) is 88.4 Å². The lowest BCUT2D eigenvalue weighted by molar-refractivity contribution is -0.633. The lowest BCUT2D eigenvalue weighted by atomic mass is 9.83. The van der Waals surface area contributed by atoms with Gasteiger partial charge in [0.25, 0.3) is 0 Å². The summed E-state index contributed by atoms with van der Waals surface area (Å²) in [7, 11) is 2.00. The first-order valence-corrected chi connectivity index (χ1v) is 9.26. The molecule has 1 aromatic carbocycles. The molecule has 28 heavy (non-hydrogen) atoms. The van der Waals surface area contributed by atoms with E-state index in [4.69, 9.17) is 10.1 Å². The van der Waals surface area contributed by atoms with E-state index >= 15 is 0 Å². The molecule has 0 bridgehead atoms. The second-order valence-corrected chi connectivity index (χ2v) is 7.37. The average molecular weight is 375 g/mol. The van der Waals surface area contributed by atoms with Crippen LogP contribution < -0.4 is 10.1 Å². The number of nitroso groups, excluding NO2 is 1. The zero-order valence-corrected chi connectivity index (χ0v) is 15.7. The Morgan fingerprint density at radius 3 is 2.86 bits per heavy atom. The molecule has 0 saturated carbocycles. The maximum Gasteiger partial charge on any atom is 0.342 e. The summed E-state index contributed by atoms with van der Waals surface area (Å²) in [5.41, 5.74) is 3.73. The van der Waals surface area contributed by atoms with Crippen LogP contribution in [0.3, 0.4) is 0 Å². The van der Waals surface area contributed by atoms with Crippen molar-refractivity contribution in [3.63, 3.8) is 0 Å². The number of hydrogen-bond acceptors (Lipinski definition) is 5. The van der Waals surface area contributed by atoms with Gasteiger partial charge in [-0.1, -0.05) is 19.1 Å². The SMILES string of the molecule is CCC1(N=O)C(=O)OCc2c1cc1n(c2=N)Cc2cc3ccccc3[n+](C)c2-1. The molecule has 0 radical (unpaired) electrons. The zero-order valence-electron chi connectivity index (χ0n) is 15.7. The third kappa shape index (κ3) is 1.91. The molecule has 2 aliphatic heterocycles. The molecule has 0 saturated heterocycles. The van der Waals surface area contributed by atoms with E-state index in [-0.39, 0.29) is 18.5 Å². The van der Waals surface area contributed by atoms with Gasteiger partial charge >= 0.3 is 5.97 Å². The molecular weight excluding hydrogens is 356 g/mol. The average Bonchev–Trinajstić information content (AvgIpc) is 3.08. The van der Waals surface area contributed by atoms with Gasteiger partial charge in [0, 0.05) is 28.1 Å². The van der Waals surface area contributed by atoms with E-state index in [2.05, 4.69) is 27.9 Å². The molecule has 0 amide bonds. The van der Waals surface area contributed by atoms with Gasteiger partial charge in [0.15, 0.2) is 0 Å². The van der Waals surface area contributed by atoms with Gasteiger partial charge < -0.3 is 9.30 Å². The van der Waals surface area contributed by atoms with E-state index in [1.807, 2.05) is 29.8 Å². The van der Waals surface area contributed by atoms with E-state index < -0.39 is 11.5 Å². The second kappa shape index (κ2) is 5.58. The summed E-state index contributed by atoms with van der Waals surface area (Å²) in [6, 6.07) is 12.1. The van der Waals surface area contributed by atoms with Crippen LogP contribution in [0.15, 0.2) is 41.6 Å². The van der Waals surface area contributed by atoms with Crippen LogP contribution in [0.5, 0.6) is 0 Å². The third-order valence-electron chi connectivity index (χ3n) is 6.09. The van der Waals surface area contributed by atoms with Crippen molar-refractivity contribution in [3.8, 4) is 11.4 Å². The molecule has 7 nitrogen and oxygen atoms in total. The number of hydrogen-bond donors (Lipinski definition) is 1. The highest BCUT2D eigenvalue weighted by Crippen LogP contribution is 2.40. The van der Waals surface area contributed by atoms with Gasteiger partial charge in [0.05, 0.1) is 6.54 Å². The van der Waals surface area contributed by atoms with Crippen LogP contribution in [0, 0.1) is 10.3 Å². The highest BCUT2D eigenvalue weighted by Gasteiger charge is 2.48. The summed E-state index contributed by atoms with van der Waals surface area (Å²) < 4.78 is 9.25. The maximum absolute atomic E-state index is 12.5. The lowest BCUT2D eigenvalue weighted by Gasteiger charge is -2.30. The molecule has 140 valence electrons. The van der Waals surface area contributed by atoms with Crippen molar-refractivity contribution in [2.45, 2.75) is 32.0 Å². The van der Waals surface area contributed by atoms with Crippen molar-refractivity contribution >= 4 is 16.9 Å². The van der Waals surface area contributed by atoms with Crippen LogP contribution in [0.1, 0.15) is 30.0 Å². The molecule has 1 N–H and O–H groups in total. The Morgan fingerprint density at radius 2 is 2.11 bits per heavy atom. The number of ether oxygens (including phenoxy) is 1. The Labute approximate surface area is 160 Å². The van der Waals surface area contributed by atoms with Gasteiger partial charge in [-0.2, -0.15) is 4.57 Å². The van der Waals surface area contributed by atoms with Crippen LogP contribution in [-0.4, -0.2) is 10.5 Å². The molecule has 5 rings (SSSR count). The summed E-state index contributed by atoms with van der Waals surface area (Å²) in [5, 5.41) is 13.1. The molecule has 0 spiro atoms. The summed E-state index contributed by atoms with van der Waals surface area (Å²) in [4.78, 5) is 24.2. The largest absolute Gasteiger partial charge is 0.459 e. The van der Waals surface area contributed by atoms with Crippen LogP contribution in [0.4, 0.5) is 0 Å². The first-order valence-electron chi connectivity index (χ1n) is 9.26. The van der Waals surface area contributed by atoms with Crippen LogP contribution in [0.2, 0.25) is 0 Å². The number of nitrogens with one attached hydrogen (secondary N) is 1. The number of nitrogens with zero attached hydrogens (tertiary/aromatic N) is 3. The van der Waals surface area contributed by atoms with Crippen molar-refractivity contribution < 1.29 is 14.1 Å². The van der Waals surface area contributed by atoms with Crippen LogP contribution in [0.25, 0.3) is 22.3 Å². The van der Waals surface area contributed by atoms with E-state index in [1.54, 1.807) is 6.92 Å². The summed E-state index contributed by atoms with van der Waals surface area (Å²) >= 11 is 0. The molecule has 1 unspecified atom stereocenters. The Bertz CT molecular complexity index is 1260. The van der Waals surface area contributed by atoms with E-state index in [1.165, 1.54) is 0 Å². The fourth-order valence-electron chi connectivity index (χ4n) is 4.58. The van der Waals surface area contributed by atoms with Crippen molar-refractivity contribution in [1.29, 1.82) is 5.41 Å². The number of aromatic nitrogens is 2. The zero-order chi connectivity index (χ0) is 19.6. The number of para-hydroxylation sites is 1. The highest BCUT2D eigenvalue weighted by atomic mass is 16.5. The first kappa shape index (κ1) is 16.8. The predicted molar refractivity (Wildman–Crippen MR) is 101 cm³/mol. The number of aryl methyl sites for hydroxylation is 1. The first-order chi connectivity index (χ1) is 13.5. The van der Waals surface area contributed by atoms with Crippen molar-refractivity contribution in [1.82, 2.24) is 4.57 Å². The minimum atomic E-state index is -1.59. The Hall–Kier alpha value is -3.35. The third-order valence-corrected chi connectivity index (χ3v) is 6.09. The predicted octanol–water partition coefficient (Wildman–Crippen LogP) is 2.40. The van der Waals surface area contributed by atoms with Crippen LogP contribution in [-0.2, 0) is 35.3 Å². The minimum Gasteiger partial charge on any atom is -0.459 e. The number of pyridine rings is 2. The second-order valence-electron chi connectivity index (χ2n) is 7.37. The molecule has 2 aromatic heterocycles. The monoisotopic (exact) mass is 375 g/mol. The van der Waals surface area contributed by atoms with Gasteiger partial charge in [-0.25, -0.2) is 4.79 Å². The number of benzene rings is 1. The summed E-state index contributed by atoms with van der Waals surface area (Å²) in [5.74, 6) is -0.636. The molecule has 0 fully saturated rings. The maximum atomic E-state index is 12.5. The van der Waals surface area contributed by atoms with Gasteiger partial charge in [-0.15, -0.1) is 4.91 Å². The number of fused-ring (bicyclic) bond motifs is 5. The lowest BCUT2D eigenvalue weighted by Crippen LogP contribution is -2.43. The van der Waals surface area contributed by atoms with E-state index in [0.717, 1.165) is 27.9 Å². The molecule has 2 aliphatic rings. The van der Waals surface area contributed by atoms with Crippen molar-refractivity contribution in [2.75, 3.05) is 0 Å². The Balaban J connectivity index is 1.86. The van der Waals surface area contributed by atoms with Gasteiger partial charge in [-0.05, 0) is 29.8 Å². The van der Waals surface area contributed by atoms with Crippen molar-refractivity contribution in [2.24, 2.45) is 12.2 Å². The quantitative estimate of drug-likeness (QED) is 0.331. The highest BCUT2D eigenvalue weighted by molar-refractivity contribution is 5.86. The van der Waals surface area contributed by atoms with Gasteiger partial charge in [0.1, 0.15) is 24.8 Å². The molecule has 3 aromatic rings. The fraction of sp³-hybridized carbons (Fsp3) is 0.286. The summed E-state index contributed by atoms with van der Waals surface area (Å²) in [6.45, 7) is 2.30. The Morgan fingerprint density at radius 1 is 1.32 bits per heavy atom. The smallest absolute Gasteiger partial charge is 0.342 e. The number of esters is 1. The Kier molecular flexibility index (Phi) is 3.34. The number of cyclic esters (lactones) is 1. The van der Waals surface area contributed by atoms with Gasteiger partial charge in [-0.3, -0.25) is 5.41 Å². The molecule has 7 heteroatoms. The number of carbonyl (C=O) groups is 1.